The lowest BCUT2D eigenvalue weighted by molar-refractivity contribution is -0.302. The van der Waals surface area contributed by atoms with Crippen molar-refractivity contribution < 1.29 is 39.8 Å². The topological polar surface area (TPSA) is 149 Å². The molecule has 0 aromatic carbocycles. The monoisotopic (exact) mass is 794 g/mol. The summed E-state index contributed by atoms with van der Waals surface area (Å²) < 4.78 is 11.1. The summed E-state index contributed by atoms with van der Waals surface area (Å²) in [5.41, 5.74) is 0. The van der Waals surface area contributed by atoms with Gasteiger partial charge in [0.15, 0.2) is 6.29 Å². The van der Waals surface area contributed by atoms with Gasteiger partial charge < -0.3 is 40.3 Å². The molecule has 1 amide bonds. The highest BCUT2D eigenvalue weighted by Crippen LogP contribution is 2.22. The Bertz CT molecular complexity index is 972. The van der Waals surface area contributed by atoms with Crippen LogP contribution < -0.4 is 5.32 Å². The molecule has 0 aromatic rings. The van der Waals surface area contributed by atoms with E-state index >= 15 is 0 Å². The molecule has 1 rings (SSSR count). The van der Waals surface area contributed by atoms with Gasteiger partial charge in [0.1, 0.15) is 24.4 Å². The normalized spacial score (nSPS) is 21.4. The Morgan fingerprint density at radius 3 is 1.57 bits per heavy atom. The molecule has 0 radical (unpaired) electrons. The van der Waals surface area contributed by atoms with Gasteiger partial charge in [0, 0.05) is 6.42 Å². The van der Waals surface area contributed by atoms with Crippen molar-refractivity contribution in [2.24, 2.45) is 0 Å². The van der Waals surface area contributed by atoms with E-state index in [1.54, 1.807) is 6.08 Å². The highest BCUT2D eigenvalue weighted by Gasteiger charge is 2.44. The first-order chi connectivity index (χ1) is 27.3. The van der Waals surface area contributed by atoms with Crippen LogP contribution in [0.15, 0.2) is 36.5 Å². The third-order valence-corrected chi connectivity index (χ3v) is 11.0. The van der Waals surface area contributed by atoms with E-state index in [0.717, 1.165) is 44.9 Å². The lowest BCUT2D eigenvalue weighted by atomic mass is 9.99. The molecule has 7 atom stereocenters. The zero-order valence-electron chi connectivity index (χ0n) is 35.9. The number of carbonyl (C=O) groups excluding carboxylic acids is 1. The van der Waals surface area contributed by atoms with Crippen molar-refractivity contribution in [1.82, 2.24) is 5.32 Å². The number of hydrogen-bond acceptors (Lipinski definition) is 8. The van der Waals surface area contributed by atoms with E-state index in [-0.39, 0.29) is 12.5 Å². The largest absolute Gasteiger partial charge is 0.394 e. The van der Waals surface area contributed by atoms with Crippen LogP contribution in [0.3, 0.4) is 0 Å². The molecule has 9 nitrogen and oxygen atoms in total. The lowest BCUT2D eigenvalue weighted by Crippen LogP contribution is -2.60. The molecule has 6 N–H and O–H groups in total. The average molecular weight is 794 g/mol. The fraction of sp³-hybridized carbons (Fsp3) is 0.851. The summed E-state index contributed by atoms with van der Waals surface area (Å²) in [6, 6.07) is -0.798. The van der Waals surface area contributed by atoms with Crippen molar-refractivity contribution in [3.63, 3.8) is 0 Å². The summed E-state index contributed by atoms with van der Waals surface area (Å²) in [4.78, 5) is 12.8. The predicted molar refractivity (Wildman–Crippen MR) is 230 cm³/mol. The number of aliphatic hydroxyl groups is 5. The van der Waals surface area contributed by atoms with Gasteiger partial charge in [0.25, 0.3) is 0 Å². The second-order valence-electron chi connectivity index (χ2n) is 16.2. The van der Waals surface area contributed by atoms with Crippen LogP contribution in [0.1, 0.15) is 200 Å². The first-order valence-corrected chi connectivity index (χ1v) is 23.2. The molecule has 1 aliphatic rings. The molecule has 1 fully saturated rings. The molecule has 0 aliphatic carbocycles. The van der Waals surface area contributed by atoms with E-state index in [1.165, 1.54) is 135 Å². The molecule has 0 aromatic heterocycles. The Morgan fingerprint density at radius 2 is 1.07 bits per heavy atom. The maximum Gasteiger partial charge on any atom is 0.220 e. The van der Waals surface area contributed by atoms with Crippen molar-refractivity contribution in [2.45, 2.75) is 243 Å². The summed E-state index contributed by atoms with van der Waals surface area (Å²) >= 11 is 0. The molecule has 0 spiro atoms. The highest BCUT2D eigenvalue weighted by molar-refractivity contribution is 5.76. The number of carbonyl (C=O) groups is 1. The maximum absolute atomic E-state index is 12.8. The van der Waals surface area contributed by atoms with Crippen LogP contribution in [0.25, 0.3) is 0 Å². The van der Waals surface area contributed by atoms with Crippen LogP contribution >= 0.6 is 0 Å². The number of nitrogens with one attached hydrogen (secondary N) is 1. The van der Waals surface area contributed by atoms with E-state index in [2.05, 4.69) is 43.5 Å². The number of allylic oxidation sites excluding steroid dienone is 5. The summed E-state index contributed by atoms with van der Waals surface area (Å²) in [6.07, 6.45) is 40.0. The van der Waals surface area contributed by atoms with E-state index < -0.39 is 49.5 Å². The molecule has 328 valence electrons. The van der Waals surface area contributed by atoms with Gasteiger partial charge >= 0.3 is 0 Å². The molecule has 1 aliphatic heterocycles. The Morgan fingerprint density at radius 1 is 0.607 bits per heavy atom. The molecule has 1 heterocycles. The molecule has 56 heavy (non-hydrogen) atoms. The van der Waals surface area contributed by atoms with Gasteiger partial charge in [-0.05, 0) is 44.9 Å². The van der Waals surface area contributed by atoms with Crippen molar-refractivity contribution in [3.8, 4) is 0 Å². The van der Waals surface area contributed by atoms with Gasteiger partial charge in [-0.25, -0.2) is 0 Å². The molecule has 0 bridgehead atoms. The average Bonchev–Trinajstić information content (AvgIpc) is 3.20. The number of aliphatic hydroxyl groups excluding tert-OH is 5. The van der Waals surface area contributed by atoms with Crippen LogP contribution in [0.4, 0.5) is 0 Å². The number of hydrogen-bond donors (Lipinski definition) is 6. The van der Waals surface area contributed by atoms with Crippen molar-refractivity contribution in [2.75, 3.05) is 13.2 Å². The summed E-state index contributed by atoms with van der Waals surface area (Å²) in [7, 11) is 0. The number of amides is 1. The molecule has 0 saturated carbocycles. The third-order valence-electron chi connectivity index (χ3n) is 11.0. The zero-order chi connectivity index (χ0) is 40.9. The van der Waals surface area contributed by atoms with Gasteiger partial charge in [-0.3, -0.25) is 4.79 Å². The first-order valence-electron chi connectivity index (χ1n) is 23.2. The fourth-order valence-electron chi connectivity index (χ4n) is 7.17. The van der Waals surface area contributed by atoms with Crippen molar-refractivity contribution in [1.29, 1.82) is 0 Å². The Labute approximate surface area is 342 Å². The predicted octanol–water partition coefficient (Wildman–Crippen LogP) is 9.67. The van der Waals surface area contributed by atoms with Gasteiger partial charge in [-0.2, -0.15) is 0 Å². The summed E-state index contributed by atoms with van der Waals surface area (Å²) in [6.45, 7) is 3.60. The van der Waals surface area contributed by atoms with Crippen LogP contribution in [0.5, 0.6) is 0 Å². The van der Waals surface area contributed by atoms with Gasteiger partial charge in [-0.15, -0.1) is 0 Å². The summed E-state index contributed by atoms with van der Waals surface area (Å²) in [5.74, 6) is -0.186. The molecular weight excluding hydrogens is 707 g/mol. The van der Waals surface area contributed by atoms with Crippen LogP contribution in [-0.2, 0) is 14.3 Å². The van der Waals surface area contributed by atoms with Crippen LogP contribution in [0, 0.1) is 0 Å². The van der Waals surface area contributed by atoms with E-state index in [0.29, 0.717) is 6.42 Å². The minimum absolute atomic E-state index is 0.186. The van der Waals surface area contributed by atoms with Crippen molar-refractivity contribution >= 4 is 5.91 Å². The Balaban J connectivity index is 2.04. The smallest absolute Gasteiger partial charge is 0.220 e. The summed E-state index contributed by atoms with van der Waals surface area (Å²) in [5, 5.41) is 53.5. The van der Waals surface area contributed by atoms with Gasteiger partial charge in [0.2, 0.25) is 5.91 Å². The van der Waals surface area contributed by atoms with Gasteiger partial charge in [0.05, 0.1) is 25.4 Å². The molecule has 7 unspecified atom stereocenters. The van der Waals surface area contributed by atoms with Crippen molar-refractivity contribution in [3.05, 3.63) is 36.5 Å². The minimum atomic E-state index is -1.56. The Hall–Kier alpha value is -1.59. The fourth-order valence-corrected chi connectivity index (χ4v) is 7.17. The lowest BCUT2D eigenvalue weighted by Gasteiger charge is -2.40. The second-order valence-corrected chi connectivity index (χ2v) is 16.2. The van der Waals surface area contributed by atoms with Crippen LogP contribution in [0.2, 0.25) is 0 Å². The number of rotatable bonds is 38. The zero-order valence-corrected chi connectivity index (χ0v) is 35.9. The van der Waals surface area contributed by atoms with Crippen LogP contribution in [-0.4, -0.2) is 87.5 Å². The standard InChI is InChI=1S/C47H87NO8/c1-3-5-7-9-10-11-12-13-14-15-16-17-18-19-20-21-22-23-24-25-26-27-28-29-30-31-32-33-35-37-43(51)48-40(41(50)36-34-8-6-4-2)39-55-47-46(54)45(53)44(52)42(38-49)56-47/h12-13,15-16,34,36,40-42,44-47,49-50,52-54H,3-11,14,17-33,35,37-39H2,1-2H3,(H,48,51)/b13-12-,16-15-,36-34+. The minimum Gasteiger partial charge on any atom is -0.394 e. The Kier molecular flexibility index (Phi) is 35.3. The number of ether oxygens (including phenoxy) is 2. The van der Waals surface area contributed by atoms with Gasteiger partial charge in [-0.1, -0.05) is 185 Å². The molecule has 9 heteroatoms. The molecule has 1 saturated heterocycles. The third kappa shape index (κ3) is 27.9. The second kappa shape index (κ2) is 37.7. The SMILES string of the molecule is CCCC/C=C/C(O)C(COC1OC(CO)C(O)C(O)C1O)NC(=O)CCCCCCCCCCCCCCCCCCC/C=C\C/C=C\CCCCCCC. The highest BCUT2D eigenvalue weighted by atomic mass is 16.7. The first kappa shape index (κ1) is 52.4. The van der Waals surface area contributed by atoms with E-state index in [9.17, 15) is 30.3 Å². The quantitative estimate of drug-likeness (QED) is 0.0268. The molecular formula is C47H87NO8. The number of unbranched alkanes of at least 4 members (excludes halogenated alkanes) is 24. The van der Waals surface area contributed by atoms with E-state index in [4.69, 9.17) is 9.47 Å². The van der Waals surface area contributed by atoms with E-state index in [1.807, 2.05) is 6.08 Å². The maximum atomic E-state index is 12.8.